The number of carbonyl (C=O) groups excluding carboxylic acids is 2. The van der Waals surface area contributed by atoms with Crippen molar-refractivity contribution in [2.24, 2.45) is 5.92 Å². The topological polar surface area (TPSA) is 37.4 Å². The highest BCUT2D eigenvalue weighted by atomic mass is 79.9. The van der Waals surface area contributed by atoms with Gasteiger partial charge in [-0.3, -0.25) is 9.59 Å². The molecule has 5 heteroatoms. The Morgan fingerprint density at radius 1 is 1.50 bits per heavy atom. The van der Waals surface area contributed by atoms with Gasteiger partial charge in [0.25, 0.3) is 0 Å². The van der Waals surface area contributed by atoms with E-state index in [0.29, 0.717) is 18.9 Å². The first-order valence-electron chi connectivity index (χ1n) is 6.62. The van der Waals surface area contributed by atoms with Gasteiger partial charge in [0.1, 0.15) is 0 Å². The number of thioether (sulfide) groups is 1. The minimum Gasteiger partial charge on any atom is -0.338 e. The van der Waals surface area contributed by atoms with Crippen molar-refractivity contribution in [2.45, 2.75) is 26.8 Å². The molecule has 3 nitrogen and oxygen atoms in total. The fourth-order valence-electron chi connectivity index (χ4n) is 2.40. The van der Waals surface area contributed by atoms with Crippen molar-refractivity contribution in [3.05, 3.63) is 33.8 Å². The van der Waals surface area contributed by atoms with Crippen LogP contribution in [-0.4, -0.2) is 28.2 Å². The summed E-state index contributed by atoms with van der Waals surface area (Å²) in [4.78, 5) is 24.9. The Morgan fingerprint density at radius 3 is 2.90 bits per heavy atom. The van der Waals surface area contributed by atoms with Gasteiger partial charge in [-0.15, -0.1) is 0 Å². The quantitative estimate of drug-likeness (QED) is 0.830. The van der Waals surface area contributed by atoms with E-state index < -0.39 is 0 Å². The van der Waals surface area contributed by atoms with Crippen LogP contribution >= 0.6 is 27.7 Å². The molecule has 1 aliphatic rings. The third kappa shape index (κ3) is 4.09. The van der Waals surface area contributed by atoms with Gasteiger partial charge >= 0.3 is 0 Å². The predicted molar refractivity (Wildman–Crippen MR) is 85.5 cm³/mol. The van der Waals surface area contributed by atoms with Crippen LogP contribution in [0.1, 0.15) is 24.5 Å². The summed E-state index contributed by atoms with van der Waals surface area (Å²) in [6.07, 6.45) is 0.565. The number of carbonyl (C=O) groups is 2. The minimum atomic E-state index is 0.125. The monoisotopic (exact) mass is 355 g/mol. The summed E-state index contributed by atoms with van der Waals surface area (Å²) < 4.78 is 1.06. The summed E-state index contributed by atoms with van der Waals surface area (Å²) in [5, 5.41) is 0.125. The summed E-state index contributed by atoms with van der Waals surface area (Å²) in [6, 6.07) is 6.13. The maximum atomic E-state index is 12.0. The third-order valence-electron chi connectivity index (χ3n) is 3.48. The maximum absolute atomic E-state index is 12.0. The van der Waals surface area contributed by atoms with Crippen molar-refractivity contribution >= 4 is 38.7 Å². The number of nitrogens with zero attached hydrogens (tertiary/aromatic N) is 1. The Kier molecular flexibility index (Phi) is 5.27. The molecule has 108 valence electrons. The number of aryl methyl sites for hydroxylation is 1. The van der Waals surface area contributed by atoms with E-state index >= 15 is 0 Å². The molecular weight excluding hydrogens is 338 g/mol. The highest BCUT2D eigenvalue weighted by Crippen LogP contribution is 2.25. The fourth-order valence-corrected chi connectivity index (χ4v) is 3.57. The molecule has 0 spiro atoms. The summed E-state index contributed by atoms with van der Waals surface area (Å²) in [6.45, 7) is 5.06. The van der Waals surface area contributed by atoms with Gasteiger partial charge in [0.2, 0.25) is 5.91 Å². The average molecular weight is 356 g/mol. The lowest BCUT2D eigenvalue weighted by molar-refractivity contribution is -0.128. The maximum Gasteiger partial charge on any atom is 0.223 e. The first kappa shape index (κ1) is 15.6. The number of amides is 1. The molecule has 1 aromatic rings. The second-order valence-corrected chi connectivity index (χ2v) is 7.33. The van der Waals surface area contributed by atoms with Gasteiger partial charge in [-0.1, -0.05) is 33.8 Å². The van der Waals surface area contributed by atoms with E-state index in [2.05, 4.69) is 35.0 Å². The molecule has 1 aliphatic heterocycles. The Hall–Kier alpha value is -0.810. The summed E-state index contributed by atoms with van der Waals surface area (Å²) in [5.41, 5.74) is 2.37. The van der Waals surface area contributed by atoms with Gasteiger partial charge in [0.15, 0.2) is 5.12 Å². The molecule has 0 N–H and O–H groups in total. The van der Waals surface area contributed by atoms with E-state index in [1.54, 1.807) is 6.92 Å². The third-order valence-corrected chi connectivity index (χ3v) is 5.02. The SMILES string of the molecule is CC(=O)SCC1CC(=O)N(Cc2ccc(Br)cc2C)C1. The van der Waals surface area contributed by atoms with Crippen LogP contribution in [0.4, 0.5) is 0 Å². The molecule has 0 radical (unpaired) electrons. The highest BCUT2D eigenvalue weighted by Gasteiger charge is 2.29. The number of halogens is 1. The predicted octanol–water partition coefficient (Wildman–Crippen LogP) is 3.39. The van der Waals surface area contributed by atoms with Gasteiger partial charge in [-0.05, 0) is 36.1 Å². The normalized spacial score (nSPS) is 18.6. The molecule has 0 aromatic heterocycles. The van der Waals surface area contributed by atoms with Crippen LogP contribution in [0.3, 0.4) is 0 Å². The molecule has 0 saturated carbocycles. The van der Waals surface area contributed by atoms with Crippen LogP contribution in [-0.2, 0) is 16.1 Å². The van der Waals surface area contributed by atoms with Crippen LogP contribution in [0.15, 0.2) is 22.7 Å². The molecule has 1 amide bonds. The van der Waals surface area contributed by atoms with Crippen molar-refractivity contribution in [3.63, 3.8) is 0 Å². The van der Waals surface area contributed by atoms with Gasteiger partial charge in [-0.2, -0.15) is 0 Å². The molecule has 1 fully saturated rings. The van der Waals surface area contributed by atoms with E-state index in [-0.39, 0.29) is 11.0 Å². The smallest absolute Gasteiger partial charge is 0.223 e. The second-order valence-electron chi connectivity index (χ2n) is 5.22. The Morgan fingerprint density at radius 2 is 2.25 bits per heavy atom. The number of rotatable bonds is 4. The molecule has 1 aromatic carbocycles. The number of hydrogen-bond acceptors (Lipinski definition) is 3. The van der Waals surface area contributed by atoms with Gasteiger partial charge in [0.05, 0.1) is 0 Å². The van der Waals surface area contributed by atoms with E-state index in [9.17, 15) is 9.59 Å². The average Bonchev–Trinajstić information content (AvgIpc) is 2.71. The number of likely N-dealkylation sites (tertiary alicyclic amines) is 1. The number of hydrogen-bond donors (Lipinski definition) is 0. The second kappa shape index (κ2) is 6.76. The molecule has 1 atom stereocenters. The molecule has 0 aliphatic carbocycles. The molecular formula is C15H18BrNO2S. The zero-order valence-corrected chi connectivity index (χ0v) is 14.1. The van der Waals surface area contributed by atoms with E-state index in [1.165, 1.54) is 22.9 Å². The van der Waals surface area contributed by atoms with E-state index in [1.807, 2.05) is 11.0 Å². The first-order valence-corrected chi connectivity index (χ1v) is 8.39. The Labute approximate surface area is 132 Å². The Balaban J connectivity index is 1.96. The van der Waals surface area contributed by atoms with Crippen molar-refractivity contribution in [1.82, 2.24) is 4.90 Å². The van der Waals surface area contributed by atoms with Crippen LogP contribution in [0.25, 0.3) is 0 Å². The number of benzene rings is 1. The van der Waals surface area contributed by atoms with Crippen molar-refractivity contribution in [3.8, 4) is 0 Å². The highest BCUT2D eigenvalue weighted by molar-refractivity contribution is 9.10. The van der Waals surface area contributed by atoms with Gasteiger partial charge in [0, 0.05) is 36.7 Å². The van der Waals surface area contributed by atoms with Crippen molar-refractivity contribution in [2.75, 3.05) is 12.3 Å². The molecule has 0 bridgehead atoms. The lowest BCUT2D eigenvalue weighted by Crippen LogP contribution is -2.25. The summed E-state index contributed by atoms with van der Waals surface area (Å²) in [7, 11) is 0. The van der Waals surface area contributed by atoms with Gasteiger partial charge < -0.3 is 4.90 Å². The zero-order chi connectivity index (χ0) is 14.7. The van der Waals surface area contributed by atoms with Gasteiger partial charge in [-0.25, -0.2) is 0 Å². The van der Waals surface area contributed by atoms with Crippen LogP contribution < -0.4 is 0 Å². The van der Waals surface area contributed by atoms with Crippen molar-refractivity contribution < 1.29 is 9.59 Å². The van der Waals surface area contributed by atoms with E-state index in [4.69, 9.17) is 0 Å². The standard InChI is InChI=1S/C15H18BrNO2S/c1-10-5-14(16)4-3-13(10)8-17-7-12(6-15(17)19)9-20-11(2)18/h3-5,12H,6-9H2,1-2H3. The zero-order valence-electron chi connectivity index (χ0n) is 11.7. The molecule has 1 heterocycles. The first-order chi connectivity index (χ1) is 9.45. The molecule has 1 saturated heterocycles. The molecule has 1 unspecified atom stereocenters. The minimum absolute atomic E-state index is 0.125. The van der Waals surface area contributed by atoms with Crippen LogP contribution in [0.5, 0.6) is 0 Å². The fraction of sp³-hybridized carbons (Fsp3) is 0.467. The largest absolute Gasteiger partial charge is 0.338 e. The van der Waals surface area contributed by atoms with E-state index in [0.717, 1.165) is 16.8 Å². The molecule has 2 rings (SSSR count). The van der Waals surface area contributed by atoms with Crippen molar-refractivity contribution in [1.29, 1.82) is 0 Å². The molecule has 20 heavy (non-hydrogen) atoms. The van der Waals surface area contributed by atoms with Crippen LogP contribution in [0, 0.1) is 12.8 Å². The van der Waals surface area contributed by atoms with Crippen LogP contribution in [0.2, 0.25) is 0 Å². The lowest BCUT2D eigenvalue weighted by atomic mass is 10.1. The lowest BCUT2D eigenvalue weighted by Gasteiger charge is -2.18. The Bertz CT molecular complexity index is 533. The summed E-state index contributed by atoms with van der Waals surface area (Å²) >= 11 is 4.77. The summed E-state index contributed by atoms with van der Waals surface area (Å²) in [5.74, 6) is 1.24.